The molecule has 0 amide bonds. The van der Waals surface area contributed by atoms with Gasteiger partial charge in [0.25, 0.3) is 0 Å². The van der Waals surface area contributed by atoms with E-state index in [4.69, 9.17) is 20.3 Å². The Morgan fingerprint density at radius 1 is 1.18 bits per heavy atom. The normalized spacial score (nSPS) is 27.5. The first-order chi connectivity index (χ1) is 12.5. The summed E-state index contributed by atoms with van der Waals surface area (Å²) in [5.41, 5.74) is 6.11. The molecule has 3 rings (SSSR count). The van der Waals surface area contributed by atoms with Crippen molar-refractivity contribution in [3.63, 3.8) is 0 Å². The SMILES string of the molecule is Nc1ncnc2c1ncn2[C@@H]1O[C@H](COP(=O)(O)OP(=O)(O)O)[C@@H](O)[C@H]1O.[NaH]. The predicted molar refractivity (Wildman–Crippen MR) is 91.7 cm³/mol. The maximum atomic E-state index is 11.5. The standard InChI is InChI=1S/C10H15N5O10P2.Na.H/c11-8-5-9(13-2-12-8)15(3-14-5)10-7(17)6(16)4(24-10)1-23-27(21,22)25-26(18,19)20;;/h2-4,6-7,10,16-17H,1H2,(H,21,22)(H2,11,12,13)(H2,18,19,20);;/t4-,6-,7-,10-;;/m1../s1. The number of phosphoric acid groups is 2. The number of hydrogen-bond acceptors (Lipinski definition) is 11. The van der Waals surface area contributed by atoms with Crippen molar-refractivity contribution in [1.82, 2.24) is 19.5 Å². The number of hydrogen-bond donors (Lipinski definition) is 6. The van der Waals surface area contributed by atoms with Gasteiger partial charge < -0.3 is 35.4 Å². The van der Waals surface area contributed by atoms with Crippen LogP contribution in [0.5, 0.6) is 0 Å². The van der Waals surface area contributed by atoms with Crippen molar-refractivity contribution in [3.8, 4) is 0 Å². The number of phosphoric ester groups is 1. The van der Waals surface area contributed by atoms with E-state index in [2.05, 4.69) is 23.8 Å². The van der Waals surface area contributed by atoms with Crippen LogP contribution >= 0.6 is 15.6 Å². The number of aromatic nitrogens is 4. The average molecular weight is 451 g/mol. The monoisotopic (exact) mass is 451 g/mol. The molecule has 15 nitrogen and oxygen atoms in total. The van der Waals surface area contributed by atoms with Gasteiger partial charge in [0.1, 0.15) is 30.2 Å². The second kappa shape index (κ2) is 8.70. The Labute approximate surface area is 178 Å². The van der Waals surface area contributed by atoms with Crippen LogP contribution in [0.1, 0.15) is 6.23 Å². The maximum absolute atomic E-state index is 11.5. The summed E-state index contributed by atoms with van der Waals surface area (Å²) in [5.74, 6) is 0.0856. The van der Waals surface area contributed by atoms with Crippen molar-refractivity contribution in [2.45, 2.75) is 24.5 Å². The molecule has 0 aromatic carbocycles. The first-order valence-corrected chi connectivity index (χ1v) is 10.2. The fourth-order valence-electron chi connectivity index (χ4n) is 2.48. The number of imidazole rings is 1. The van der Waals surface area contributed by atoms with Gasteiger partial charge in [0, 0.05) is 0 Å². The van der Waals surface area contributed by atoms with Gasteiger partial charge >= 0.3 is 45.2 Å². The fraction of sp³-hybridized carbons (Fsp3) is 0.500. The van der Waals surface area contributed by atoms with Gasteiger partial charge in [-0.2, -0.15) is 4.31 Å². The number of fused-ring (bicyclic) bond motifs is 1. The molecule has 1 aliphatic rings. The third-order valence-electron chi connectivity index (χ3n) is 3.61. The number of rotatable bonds is 6. The summed E-state index contributed by atoms with van der Waals surface area (Å²) in [6.07, 6.45) is -3.20. The van der Waals surface area contributed by atoms with Gasteiger partial charge in [-0.1, -0.05) is 0 Å². The van der Waals surface area contributed by atoms with E-state index in [-0.39, 0.29) is 46.5 Å². The van der Waals surface area contributed by atoms with Gasteiger partial charge in [-0.25, -0.2) is 24.1 Å². The van der Waals surface area contributed by atoms with Crippen LogP contribution in [0.4, 0.5) is 5.82 Å². The topological polar surface area (TPSA) is 233 Å². The van der Waals surface area contributed by atoms with Gasteiger partial charge in [0.15, 0.2) is 17.7 Å². The number of ether oxygens (including phenoxy) is 1. The van der Waals surface area contributed by atoms with Crippen molar-refractivity contribution >= 4 is 62.2 Å². The second-order valence-corrected chi connectivity index (χ2v) is 8.30. The molecule has 152 valence electrons. The number of nitrogen functional groups attached to an aromatic ring is 1. The Hall–Kier alpha value is -0.510. The van der Waals surface area contributed by atoms with E-state index in [1.54, 1.807) is 0 Å². The summed E-state index contributed by atoms with van der Waals surface area (Å²) in [4.78, 5) is 38.1. The minimum atomic E-state index is -5.29. The Morgan fingerprint density at radius 2 is 1.86 bits per heavy atom. The van der Waals surface area contributed by atoms with E-state index in [0.717, 1.165) is 6.33 Å². The minimum absolute atomic E-state index is 0. The molecule has 0 bridgehead atoms. The predicted octanol–water partition coefficient (Wildman–Crippen LogP) is -2.39. The molecule has 7 N–H and O–H groups in total. The molecular formula is C10H16N5NaO10P2. The van der Waals surface area contributed by atoms with Crippen LogP contribution in [0.15, 0.2) is 12.7 Å². The zero-order valence-electron chi connectivity index (χ0n) is 13.2. The molecule has 18 heteroatoms. The molecule has 2 aromatic rings. The Kier molecular flexibility index (Phi) is 7.38. The summed E-state index contributed by atoms with van der Waals surface area (Å²) in [5, 5.41) is 20.3. The van der Waals surface area contributed by atoms with E-state index in [1.165, 1.54) is 10.9 Å². The number of nitrogens with two attached hydrogens (primary N) is 1. The average Bonchev–Trinajstić information content (AvgIpc) is 3.07. The molecule has 2 aromatic heterocycles. The molecule has 5 atom stereocenters. The number of nitrogens with zero attached hydrogens (tertiary/aromatic N) is 4. The molecule has 0 radical (unpaired) electrons. The molecule has 1 fully saturated rings. The van der Waals surface area contributed by atoms with E-state index >= 15 is 0 Å². The van der Waals surface area contributed by atoms with Crippen LogP contribution < -0.4 is 5.73 Å². The summed E-state index contributed by atoms with van der Waals surface area (Å²) in [6, 6.07) is 0. The van der Waals surface area contributed by atoms with Crippen LogP contribution in [0.2, 0.25) is 0 Å². The van der Waals surface area contributed by atoms with E-state index in [1.807, 2.05) is 0 Å². The Balaban J connectivity index is 0.00000280. The molecule has 1 saturated heterocycles. The van der Waals surface area contributed by atoms with Crippen molar-refractivity contribution in [1.29, 1.82) is 0 Å². The van der Waals surface area contributed by atoms with Gasteiger partial charge in [-0.3, -0.25) is 9.09 Å². The Morgan fingerprint density at radius 3 is 2.50 bits per heavy atom. The molecule has 0 saturated carbocycles. The van der Waals surface area contributed by atoms with Crippen LogP contribution in [0.3, 0.4) is 0 Å². The zero-order chi connectivity index (χ0) is 20.0. The third kappa shape index (κ3) is 5.15. The number of aliphatic hydroxyl groups is 2. The van der Waals surface area contributed by atoms with E-state index < -0.39 is 46.8 Å². The van der Waals surface area contributed by atoms with Gasteiger partial charge in [0.05, 0.1) is 12.9 Å². The van der Waals surface area contributed by atoms with Crippen LogP contribution in [0.25, 0.3) is 11.2 Å². The molecule has 3 heterocycles. The Bertz CT molecular complexity index is 938. The molecule has 1 unspecified atom stereocenters. The quantitative estimate of drug-likeness (QED) is 0.199. The van der Waals surface area contributed by atoms with Crippen molar-refractivity contribution in [3.05, 3.63) is 12.7 Å². The number of anilines is 1. The molecule has 0 spiro atoms. The summed E-state index contributed by atoms with van der Waals surface area (Å²) >= 11 is 0. The van der Waals surface area contributed by atoms with E-state index in [9.17, 15) is 24.2 Å². The first-order valence-electron chi connectivity index (χ1n) is 7.17. The van der Waals surface area contributed by atoms with Gasteiger partial charge in [0.2, 0.25) is 0 Å². The molecule has 0 aliphatic carbocycles. The second-order valence-electron chi connectivity index (χ2n) is 5.47. The van der Waals surface area contributed by atoms with Crippen LogP contribution in [-0.4, -0.2) is 98.9 Å². The van der Waals surface area contributed by atoms with Crippen LogP contribution in [0, 0.1) is 0 Å². The zero-order valence-corrected chi connectivity index (χ0v) is 15.0. The fourth-order valence-corrected chi connectivity index (χ4v) is 4.08. The van der Waals surface area contributed by atoms with Crippen LogP contribution in [-0.2, 0) is 22.7 Å². The molecule has 28 heavy (non-hydrogen) atoms. The van der Waals surface area contributed by atoms with Gasteiger partial charge in [-0.15, -0.1) is 0 Å². The van der Waals surface area contributed by atoms with Crippen molar-refractivity contribution < 1.29 is 47.6 Å². The van der Waals surface area contributed by atoms with Crippen molar-refractivity contribution in [2.75, 3.05) is 12.3 Å². The molecule has 1 aliphatic heterocycles. The summed E-state index contributed by atoms with van der Waals surface area (Å²) < 4.78 is 36.8. The van der Waals surface area contributed by atoms with Crippen molar-refractivity contribution in [2.24, 2.45) is 0 Å². The summed E-state index contributed by atoms with van der Waals surface area (Å²) in [6.45, 7) is -0.813. The first kappa shape index (κ1) is 23.8. The number of aliphatic hydroxyl groups excluding tert-OH is 2. The molecular weight excluding hydrogens is 435 g/mol. The third-order valence-corrected chi connectivity index (χ3v) is 5.76. The van der Waals surface area contributed by atoms with E-state index in [0.29, 0.717) is 0 Å². The summed E-state index contributed by atoms with van der Waals surface area (Å²) in [7, 11) is -10.4. The van der Waals surface area contributed by atoms with Gasteiger partial charge in [-0.05, 0) is 0 Å².